The first-order valence-corrected chi connectivity index (χ1v) is 10.3. The number of hydrogen-bond donors (Lipinski definition) is 2. The van der Waals surface area contributed by atoms with Gasteiger partial charge in [0.2, 0.25) is 0 Å². The Labute approximate surface area is 168 Å². The summed E-state index contributed by atoms with van der Waals surface area (Å²) in [6.45, 7) is 1.93. The summed E-state index contributed by atoms with van der Waals surface area (Å²) in [4.78, 5) is 10.1. The van der Waals surface area contributed by atoms with Crippen LogP contribution in [0.4, 0.5) is 5.82 Å². The van der Waals surface area contributed by atoms with Gasteiger partial charge in [-0.05, 0) is 49.1 Å². The number of nitrogens with zero attached hydrogens (tertiary/aromatic N) is 2. The third kappa shape index (κ3) is 3.66. The van der Waals surface area contributed by atoms with Gasteiger partial charge in [0.25, 0.3) is 0 Å². The Kier molecular flexibility index (Phi) is 5.17. The van der Waals surface area contributed by atoms with Crippen LogP contribution in [0.3, 0.4) is 0 Å². The van der Waals surface area contributed by atoms with E-state index < -0.39 is 0 Å². The number of rotatable bonds is 5. The molecule has 4 rings (SSSR count). The van der Waals surface area contributed by atoms with Crippen molar-refractivity contribution in [3.63, 3.8) is 0 Å². The zero-order valence-electron chi connectivity index (χ0n) is 15.8. The molecule has 0 spiro atoms. The van der Waals surface area contributed by atoms with Crippen LogP contribution in [0.1, 0.15) is 22.9 Å². The second-order valence-electron chi connectivity index (χ2n) is 6.59. The van der Waals surface area contributed by atoms with Crippen LogP contribution in [0.15, 0.2) is 77.8 Å². The maximum atomic E-state index is 11.1. The van der Waals surface area contributed by atoms with E-state index in [1.807, 2.05) is 49.4 Å². The van der Waals surface area contributed by atoms with E-state index >= 15 is 0 Å². The molecule has 4 aromatic rings. The molecule has 2 N–H and O–H groups in total. The van der Waals surface area contributed by atoms with Crippen LogP contribution in [0.25, 0.3) is 10.9 Å². The molecule has 0 radical (unpaired) electrons. The Hall–Kier alpha value is -3.05. The molecule has 0 aliphatic heterocycles. The number of anilines is 1. The zero-order valence-corrected chi connectivity index (χ0v) is 16.6. The van der Waals surface area contributed by atoms with Gasteiger partial charge in [-0.1, -0.05) is 36.4 Å². The number of phenolic OH excluding ortho intramolecular Hbond substituents is 1. The monoisotopic (exact) mass is 387 g/mol. The first kappa shape index (κ1) is 18.3. The molecule has 0 aliphatic carbocycles. The predicted molar refractivity (Wildman–Crippen MR) is 116 cm³/mol. The topological polar surface area (TPSA) is 58.0 Å². The van der Waals surface area contributed by atoms with E-state index in [9.17, 15) is 5.11 Å². The van der Waals surface area contributed by atoms with Crippen LogP contribution in [-0.4, -0.2) is 21.3 Å². The van der Waals surface area contributed by atoms with Crippen molar-refractivity contribution in [3.8, 4) is 5.75 Å². The Bertz CT molecular complexity index is 1100. The molecule has 28 heavy (non-hydrogen) atoms. The van der Waals surface area contributed by atoms with Crippen molar-refractivity contribution < 1.29 is 5.11 Å². The van der Waals surface area contributed by atoms with Crippen molar-refractivity contribution >= 4 is 28.5 Å². The highest BCUT2D eigenvalue weighted by molar-refractivity contribution is 7.98. The normalized spacial score (nSPS) is 12.1. The van der Waals surface area contributed by atoms with Gasteiger partial charge in [0.1, 0.15) is 17.1 Å². The van der Waals surface area contributed by atoms with Crippen molar-refractivity contribution in [2.45, 2.75) is 17.9 Å². The first-order valence-electron chi connectivity index (χ1n) is 9.06. The number of aryl methyl sites for hydroxylation is 1. The Morgan fingerprint density at radius 1 is 0.964 bits per heavy atom. The molecule has 0 saturated heterocycles. The maximum Gasteiger partial charge on any atom is 0.147 e. The highest BCUT2D eigenvalue weighted by Gasteiger charge is 2.20. The Morgan fingerprint density at radius 2 is 1.75 bits per heavy atom. The number of aromatic hydroxyl groups is 1. The van der Waals surface area contributed by atoms with E-state index in [-0.39, 0.29) is 11.8 Å². The Morgan fingerprint density at radius 3 is 2.46 bits per heavy atom. The second kappa shape index (κ2) is 7.90. The van der Waals surface area contributed by atoms with Gasteiger partial charge in [-0.25, -0.2) is 9.97 Å². The molecule has 0 saturated carbocycles. The summed E-state index contributed by atoms with van der Waals surface area (Å²) in [6, 6.07) is 21.7. The minimum absolute atomic E-state index is 0.198. The quantitative estimate of drug-likeness (QED) is 0.439. The number of fused-ring (bicyclic) bond motifs is 1. The zero-order chi connectivity index (χ0) is 19.5. The molecule has 0 bridgehead atoms. The van der Waals surface area contributed by atoms with Gasteiger partial charge in [-0.15, -0.1) is 11.8 Å². The lowest BCUT2D eigenvalue weighted by Gasteiger charge is -2.22. The SMILES string of the molecule is CSc1ccc(C(Nc2ccccn2)c2ccc3ccc(C)nc3c2O)cc1. The highest BCUT2D eigenvalue weighted by Crippen LogP contribution is 2.36. The van der Waals surface area contributed by atoms with Crippen molar-refractivity contribution in [1.82, 2.24) is 9.97 Å². The molecule has 2 heterocycles. The lowest BCUT2D eigenvalue weighted by Crippen LogP contribution is -2.13. The number of thioether (sulfide) groups is 1. The summed E-state index contributed by atoms with van der Waals surface area (Å²) in [5.41, 5.74) is 3.31. The number of pyridine rings is 2. The smallest absolute Gasteiger partial charge is 0.147 e. The van der Waals surface area contributed by atoms with Crippen LogP contribution in [0, 0.1) is 6.92 Å². The fourth-order valence-electron chi connectivity index (χ4n) is 3.25. The second-order valence-corrected chi connectivity index (χ2v) is 7.47. The predicted octanol–water partition coefficient (Wildman–Crippen LogP) is 5.57. The summed E-state index contributed by atoms with van der Waals surface area (Å²) in [6.07, 6.45) is 3.81. The fourth-order valence-corrected chi connectivity index (χ4v) is 3.66. The van der Waals surface area contributed by atoms with Crippen molar-refractivity contribution in [2.75, 3.05) is 11.6 Å². The minimum atomic E-state index is -0.252. The largest absolute Gasteiger partial charge is 0.505 e. The number of benzene rings is 2. The van der Waals surface area contributed by atoms with Gasteiger partial charge >= 0.3 is 0 Å². The minimum Gasteiger partial charge on any atom is -0.505 e. The number of aromatic nitrogens is 2. The van der Waals surface area contributed by atoms with E-state index in [1.165, 1.54) is 4.90 Å². The summed E-state index contributed by atoms with van der Waals surface area (Å²) >= 11 is 1.70. The first-order chi connectivity index (χ1) is 13.7. The van der Waals surface area contributed by atoms with Crippen LogP contribution in [0.2, 0.25) is 0 Å². The van der Waals surface area contributed by atoms with Crippen LogP contribution in [-0.2, 0) is 0 Å². The van der Waals surface area contributed by atoms with Crippen molar-refractivity contribution in [2.24, 2.45) is 0 Å². The number of phenols is 1. The molecular formula is C23H21N3OS. The van der Waals surface area contributed by atoms with Crippen molar-refractivity contribution in [1.29, 1.82) is 0 Å². The van der Waals surface area contributed by atoms with E-state index in [0.29, 0.717) is 5.52 Å². The van der Waals surface area contributed by atoms with Gasteiger partial charge in [-0.2, -0.15) is 0 Å². The molecule has 5 heteroatoms. The van der Waals surface area contributed by atoms with Gasteiger partial charge in [-0.3, -0.25) is 0 Å². The summed E-state index contributed by atoms with van der Waals surface area (Å²) in [5.74, 6) is 0.946. The third-order valence-corrected chi connectivity index (χ3v) is 5.47. The van der Waals surface area contributed by atoms with Crippen LogP contribution >= 0.6 is 11.8 Å². The summed E-state index contributed by atoms with van der Waals surface area (Å²) in [5, 5.41) is 15.4. The number of nitrogens with one attached hydrogen (secondary N) is 1. The van der Waals surface area contributed by atoms with Gasteiger partial charge < -0.3 is 10.4 Å². The molecule has 2 aromatic carbocycles. The molecule has 0 amide bonds. The average molecular weight is 388 g/mol. The Balaban J connectivity index is 1.84. The highest BCUT2D eigenvalue weighted by atomic mass is 32.2. The molecule has 0 aliphatic rings. The summed E-state index contributed by atoms with van der Waals surface area (Å²) < 4.78 is 0. The van der Waals surface area contributed by atoms with E-state index in [2.05, 4.69) is 45.8 Å². The standard InChI is InChI=1S/C23H21N3OS/c1-15-6-7-17-10-13-19(23(27)22(17)25-15)21(26-20-5-3-4-14-24-20)16-8-11-18(28-2)12-9-16/h3-14,21,27H,1-2H3,(H,24,26). The average Bonchev–Trinajstić information content (AvgIpc) is 2.74. The molecular weight excluding hydrogens is 366 g/mol. The molecule has 2 aromatic heterocycles. The maximum absolute atomic E-state index is 11.1. The molecule has 0 fully saturated rings. The van der Waals surface area contributed by atoms with Gasteiger partial charge in [0.05, 0.1) is 6.04 Å². The van der Waals surface area contributed by atoms with Crippen molar-refractivity contribution in [3.05, 3.63) is 89.7 Å². The summed E-state index contributed by atoms with van der Waals surface area (Å²) in [7, 11) is 0. The third-order valence-electron chi connectivity index (χ3n) is 4.72. The molecule has 4 nitrogen and oxygen atoms in total. The van der Waals surface area contributed by atoms with E-state index in [1.54, 1.807) is 18.0 Å². The lowest BCUT2D eigenvalue weighted by atomic mass is 9.96. The van der Waals surface area contributed by atoms with Crippen LogP contribution < -0.4 is 5.32 Å². The molecule has 1 atom stereocenters. The van der Waals surface area contributed by atoms with Crippen LogP contribution in [0.5, 0.6) is 5.75 Å². The molecule has 140 valence electrons. The molecule has 1 unspecified atom stereocenters. The fraction of sp³-hybridized carbons (Fsp3) is 0.130. The van der Waals surface area contributed by atoms with Gasteiger partial charge in [0.15, 0.2) is 0 Å². The van der Waals surface area contributed by atoms with E-state index in [4.69, 9.17) is 0 Å². The lowest BCUT2D eigenvalue weighted by molar-refractivity contribution is 0.471. The number of hydrogen-bond acceptors (Lipinski definition) is 5. The van der Waals surface area contributed by atoms with E-state index in [0.717, 1.165) is 28.0 Å². The van der Waals surface area contributed by atoms with Gasteiger partial charge in [0, 0.05) is 27.7 Å².